The van der Waals surface area contributed by atoms with Crippen molar-refractivity contribution >= 4 is 35.5 Å². The van der Waals surface area contributed by atoms with Gasteiger partial charge in [0, 0.05) is 39.9 Å². The van der Waals surface area contributed by atoms with Crippen molar-refractivity contribution in [1.29, 1.82) is 0 Å². The first-order chi connectivity index (χ1) is 27.0. The fourth-order valence-corrected chi connectivity index (χ4v) is 7.41. The zero-order valence-electron chi connectivity index (χ0n) is 34.6. The lowest BCUT2D eigenvalue weighted by atomic mass is 9.82. The third-order valence-electron chi connectivity index (χ3n) is 11.3. The lowest BCUT2D eigenvalue weighted by Gasteiger charge is -2.38. The normalized spacial score (nSPS) is 25.4. The molecule has 2 N–H and O–H groups in total. The largest absolute Gasteiger partial charge is 0.497 e. The fourth-order valence-electron chi connectivity index (χ4n) is 7.41. The van der Waals surface area contributed by atoms with Crippen molar-refractivity contribution in [2.75, 3.05) is 27.7 Å². The van der Waals surface area contributed by atoms with E-state index in [9.17, 15) is 28.8 Å². The molecule has 0 bridgehead atoms. The quantitative estimate of drug-likeness (QED) is 0.223. The van der Waals surface area contributed by atoms with Crippen molar-refractivity contribution in [3.8, 4) is 18.1 Å². The van der Waals surface area contributed by atoms with Crippen LogP contribution in [0.1, 0.15) is 77.8 Å². The number of fused-ring (bicyclic) bond motifs is 1. The second kappa shape index (κ2) is 19.7. The number of amides is 5. The van der Waals surface area contributed by atoms with Gasteiger partial charge >= 0.3 is 5.97 Å². The number of hydrogen-bond donors (Lipinski definition) is 2. The van der Waals surface area contributed by atoms with Gasteiger partial charge in [0.25, 0.3) is 0 Å². The molecule has 0 saturated carbocycles. The summed E-state index contributed by atoms with van der Waals surface area (Å²) in [6.07, 6.45) is 6.73. The maximum absolute atomic E-state index is 14.8. The van der Waals surface area contributed by atoms with Crippen LogP contribution in [0.3, 0.4) is 0 Å². The zero-order chi connectivity index (χ0) is 42.0. The van der Waals surface area contributed by atoms with Crippen molar-refractivity contribution < 1.29 is 38.2 Å². The Bertz CT molecular complexity index is 1790. The lowest BCUT2D eigenvalue weighted by molar-refractivity contribution is -0.163. The van der Waals surface area contributed by atoms with Crippen LogP contribution < -0.4 is 15.4 Å². The molecular weight excluding hydrogens is 727 g/mol. The molecule has 2 aromatic rings. The highest BCUT2D eigenvalue weighted by atomic mass is 16.5. The smallest absolute Gasteiger partial charge is 0.328 e. The third-order valence-corrected chi connectivity index (χ3v) is 11.3. The molecule has 0 spiro atoms. The molecule has 4 rings (SSSR count). The predicted octanol–water partition coefficient (Wildman–Crippen LogP) is 3.53. The summed E-state index contributed by atoms with van der Waals surface area (Å²) in [7, 11) is 4.61. The second-order valence-electron chi connectivity index (χ2n) is 16.0. The van der Waals surface area contributed by atoms with Gasteiger partial charge in [-0.3, -0.25) is 24.0 Å². The molecule has 2 fully saturated rings. The Hall–Kier alpha value is -5.38. The third kappa shape index (κ3) is 10.7. The van der Waals surface area contributed by atoms with E-state index in [0.29, 0.717) is 31.4 Å². The second-order valence-corrected chi connectivity index (χ2v) is 16.0. The van der Waals surface area contributed by atoms with Crippen molar-refractivity contribution in [2.24, 2.45) is 11.3 Å². The maximum atomic E-state index is 14.8. The number of cyclic esters (lactones) is 1. The number of hydrogen-bond acceptors (Lipinski definition) is 8. The highest BCUT2D eigenvalue weighted by molar-refractivity contribution is 5.97. The average Bonchev–Trinajstić information content (AvgIpc) is 3.69. The van der Waals surface area contributed by atoms with Crippen LogP contribution in [0, 0.1) is 23.7 Å². The van der Waals surface area contributed by atoms with E-state index in [-0.39, 0.29) is 25.8 Å². The predicted molar refractivity (Wildman–Crippen MR) is 215 cm³/mol. The number of likely N-dealkylation sites (N-methyl/N-ethyl adjacent to an activating group) is 2. The molecule has 2 heterocycles. The maximum Gasteiger partial charge on any atom is 0.328 e. The standard InChI is InChI=1S/C44H59N5O8/c1-10-11-13-20-36-44(5,6)43(55)46-37(28(2)3)41(53)48(8)35(27-30-17-14-12-15-18-30)40(52)49-25-16-19-33(49)39(51)47(7)34(38(50)45-29(4)42(54)57-36)26-31-21-23-32(56-9)24-22-31/h1,12,14-15,17-18,21-24,28-29,33-37H,11,13,16,19-20,25-27H2,2-9H3,(H,45,50)(H,46,55). The van der Waals surface area contributed by atoms with E-state index < -0.39 is 83.2 Å². The van der Waals surface area contributed by atoms with Crippen LogP contribution in [0.2, 0.25) is 0 Å². The lowest BCUT2D eigenvalue weighted by Crippen LogP contribution is -2.60. The average molecular weight is 786 g/mol. The van der Waals surface area contributed by atoms with Crippen LogP contribution >= 0.6 is 0 Å². The van der Waals surface area contributed by atoms with Crippen LogP contribution in [-0.4, -0.2) is 114 Å². The summed E-state index contributed by atoms with van der Waals surface area (Å²) in [5.74, 6) is -0.458. The van der Waals surface area contributed by atoms with Crippen molar-refractivity contribution in [1.82, 2.24) is 25.3 Å². The summed E-state index contributed by atoms with van der Waals surface area (Å²) in [5, 5.41) is 5.68. The van der Waals surface area contributed by atoms with Crippen molar-refractivity contribution in [3.63, 3.8) is 0 Å². The number of carbonyl (C=O) groups excluding carboxylic acids is 6. The fraction of sp³-hybridized carbons (Fsp3) is 0.545. The van der Waals surface area contributed by atoms with Crippen molar-refractivity contribution in [2.45, 2.75) is 116 Å². The molecule has 308 valence electrons. The van der Waals surface area contributed by atoms with Gasteiger partial charge in [-0.2, -0.15) is 0 Å². The summed E-state index contributed by atoms with van der Waals surface area (Å²) in [5.41, 5.74) is 0.183. The van der Waals surface area contributed by atoms with Gasteiger partial charge in [-0.1, -0.05) is 56.3 Å². The van der Waals surface area contributed by atoms with Gasteiger partial charge < -0.3 is 34.8 Å². The number of carbonyl (C=O) groups is 6. The van der Waals surface area contributed by atoms with E-state index in [1.54, 1.807) is 66.1 Å². The van der Waals surface area contributed by atoms with E-state index in [0.717, 1.165) is 11.1 Å². The Balaban J connectivity index is 1.83. The molecule has 6 unspecified atom stereocenters. The highest BCUT2D eigenvalue weighted by Crippen LogP contribution is 2.30. The van der Waals surface area contributed by atoms with Gasteiger partial charge in [-0.25, -0.2) is 4.79 Å². The molecule has 2 aliphatic rings. The molecule has 5 amide bonds. The topological polar surface area (TPSA) is 155 Å². The number of unbranched alkanes of at least 4 members (excludes halogenated alkanes) is 1. The Kier molecular flexibility index (Phi) is 15.3. The van der Waals surface area contributed by atoms with E-state index in [4.69, 9.17) is 15.9 Å². The number of esters is 1. The van der Waals surface area contributed by atoms with E-state index >= 15 is 0 Å². The summed E-state index contributed by atoms with van der Waals surface area (Å²) in [6.45, 7) is 8.62. The minimum atomic E-state index is -1.35. The molecule has 6 atom stereocenters. The van der Waals surface area contributed by atoms with Gasteiger partial charge in [0.2, 0.25) is 29.5 Å². The zero-order valence-corrected chi connectivity index (χ0v) is 34.6. The van der Waals surface area contributed by atoms with Gasteiger partial charge in [0.1, 0.15) is 42.1 Å². The number of nitrogens with one attached hydrogen (secondary N) is 2. The van der Waals surface area contributed by atoms with Gasteiger partial charge in [-0.15, -0.1) is 12.3 Å². The van der Waals surface area contributed by atoms with Crippen LogP contribution in [0.5, 0.6) is 5.75 Å². The van der Waals surface area contributed by atoms with Gasteiger partial charge in [0.15, 0.2) is 0 Å². The number of ether oxygens (including phenoxy) is 2. The molecule has 57 heavy (non-hydrogen) atoms. The number of benzene rings is 2. The SMILES string of the molecule is C#CCCCC1OC(=O)C(C)NC(=O)C(Cc2ccc(OC)cc2)N(C)C(=O)C2CCCN2C(=O)C(Cc2ccccc2)N(C)C(=O)C(C(C)C)NC(=O)C1(C)C. The van der Waals surface area contributed by atoms with E-state index in [2.05, 4.69) is 16.6 Å². The Morgan fingerprint density at radius 3 is 2.11 bits per heavy atom. The number of methoxy groups -OCH3 is 1. The number of rotatable bonds is 9. The van der Waals surface area contributed by atoms with Crippen molar-refractivity contribution in [3.05, 3.63) is 65.7 Å². The first kappa shape index (κ1) is 44.3. The molecule has 0 aliphatic carbocycles. The molecule has 13 nitrogen and oxygen atoms in total. The summed E-state index contributed by atoms with van der Waals surface area (Å²) in [4.78, 5) is 90.2. The molecule has 2 aromatic carbocycles. The Morgan fingerprint density at radius 1 is 0.877 bits per heavy atom. The molecule has 2 saturated heterocycles. The summed E-state index contributed by atoms with van der Waals surface area (Å²) < 4.78 is 11.3. The number of terminal acetylenes is 1. The number of nitrogens with zero attached hydrogens (tertiary/aromatic N) is 3. The molecular formula is C44H59N5O8. The van der Waals surface area contributed by atoms with E-state index in [1.807, 2.05) is 30.3 Å². The minimum absolute atomic E-state index is 0.0902. The van der Waals surface area contributed by atoms with E-state index in [1.165, 1.54) is 28.7 Å². The van der Waals surface area contributed by atoms with Gasteiger partial charge in [-0.05, 0) is 75.6 Å². The van der Waals surface area contributed by atoms with Gasteiger partial charge in [0.05, 0.1) is 12.5 Å². The Labute approximate surface area is 337 Å². The summed E-state index contributed by atoms with van der Waals surface area (Å²) in [6, 6.07) is 11.2. The Morgan fingerprint density at radius 2 is 1.49 bits per heavy atom. The van der Waals surface area contributed by atoms with Crippen LogP contribution in [0.4, 0.5) is 0 Å². The molecule has 13 heteroatoms. The van der Waals surface area contributed by atoms with Crippen LogP contribution in [0.25, 0.3) is 0 Å². The molecule has 0 radical (unpaired) electrons. The molecule has 2 aliphatic heterocycles. The monoisotopic (exact) mass is 785 g/mol. The summed E-state index contributed by atoms with van der Waals surface area (Å²) >= 11 is 0. The first-order valence-corrected chi connectivity index (χ1v) is 19.8. The minimum Gasteiger partial charge on any atom is -0.497 e. The first-order valence-electron chi connectivity index (χ1n) is 19.8. The highest BCUT2D eigenvalue weighted by Gasteiger charge is 2.46. The van der Waals surface area contributed by atoms with Crippen LogP contribution in [-0.2, 0) is 46.3 Å². The van der Waals surface area contributed by atoms with Crippen LogP contribution in [0.15, 0.2) is 54.6 Å². The molecule has 0 aromatic heterocycles.